The summed E-state index contributed by atoms with van der Waals surface area (Å²) in [6.45, 7) is -0.257. The number of methoxy groups -OCH3 is 1. The number of nitrogens with zero attached hydrogens (tertiary/aromatic N) is 2. The molecule has 33 heavy (non-hydrogen) atoms. The maximum absolute atomic E-state index is 12.5. The van der Waals surface area contributed by atoms with Crippen molar-refractivity contribution < 1.29 is 13.5 Å². The molecular formula is C24H26ClF2N5O. The molecule has 9 heteroatoms. The van der Waals surface area contributed by atoms with E-state index in [2.05, 4.69) is 38.1 Å². The molecule has 3 aromatic rings. The van der Waals surface area contributed by atoms with Gasteiger partial charge in [0.15, 0.2) is 5.82 Å². The molecule has 0 aliphatic heterocycles. The molecule has 1 aliphatic rings. The molecule has 3 N–H and O–H groups in total. The molecule has 0 fully saturated rings. The number of benzene rings is 2. The van der Waals surface area contributed by atoms with E-state index in [1.54, 1.807) is 7.11 Å². The lowest BCUT2D eigenvalue weighted by Crippen LogP contribution is -2.33. The average Bonchev–Trinajstić information content (AvgIpc) is 3.02. The minimum Gasteiger partial charge on any atom is -0.495 e. The number of alkyl halides is 2. The number of para-hydroxylation sites is 2. The number of anilines is 4. The summed E-state index contributed by atoms with van der Waals surface area (Å²) in [5.41, 5.74) is 4.06. The van der Waals surface area contributed by atoms with Gasteiger partial charge in [0.2, 0.25) is 5.95 Å². The Labute approximate surface area is 196 Å². The first kappa shape index (κ1) is 23.2. The quantitative estimate of drug-likeness (QED) is 0.363. The third-order valence-corrected chi connectivity index (χ3v) is 5.93. The van der Waals surface area contributed by atoms with Crippen molar-refractivity contribution in [1.82, 2.24) is 15.3 Å². The largest absolute Gasteiger partial charge is 0.495 e. The van der Waals surface area contributed by atoms with Crippen molar-refractivity contribution in [3.63, 3.8) is 0 Å². The van der Waals surface area contributed by atoms with Crippen LogP contribution in [0.5, 0.6) is 5.75 Å². The van der Waals surface area contributed by atoms with Gasteiger partial charge in [-0.2, -0.15) is 4.98 Å². The van der Waals surface area contributed by atoms with E-state index in [4.69, 9.17) is 16.3 Å². The fraction of sp³-hybridized carbons (Fsp3) is 0.333. The number of hydrogen-bond acceptors (Lipinski definition) is 6. The van der Waals surface area contributed by atoms with E-state index in [0.717, 1.165) is 37.1 Å². The van der Waals surface area contributed by atoms with Crippen LogP contribution in [0.1, 0.15) is 24.0 Å². The van der Waals surface area contributed by atoms with E-state index in [1.807, 2.05) is 30.3 Å². The second-order valence-corrected chi connectivity index (χ2v) is 8.30. The van der Waals surface area contributed by atoms with Crippen LogP contribution in [-0.4, -0.2) is 36.1 Å². The van der Waals surface area contributed by atoms with Gasteiger partial charge in [-0.3, -0.25) is 0 Å². The number of rotatable bonds is 8. The summed E-state index contributed by atoms with van der Waals surface area (Å²) < 4.78 is 30.4. The summed E-state index contributed by atoms with van der Waals surface area (Å²) in [6.07, 6.45) is 2.58. The Morgan fingerprint density at radius 2 is 1.88 bits per heavy atom. The molecule has 4 rings (SSSR count). The van der Waals surface area contributed by atoms with Crippen LogP contribution >= 0.6 is 11.6 Å². The first-order chi connectivity index (χ1) is 16.0. The first-order valence-corrected chi connectivity index (χ1v) is 11.2. The summed E-state index contributed by atoms with van der Waals surface area (Å²) in [7, 11) is 1.60. The van der Waals surface area contributed by atoms with Crippen molar-refractivity contribution in [1.29, 1.82) is 0 Å². The van der Waals surface area contributed by atoms with Gasteiger partial charge in [0.1, 0.15) is 10.8 Å². The molecule has 0 saturated carbocycles. The van der Waals surface area contributed by atoms with Crippen LogP contribution in [-0.2, 0) is 12.8 Å². The lowest BCUT2D eigenvalue weighted by Gasteiger charge is -2.15. The predicted molar refractivity (Wildman–Crippen MR) is 127 cm³/mol. The normalized spacial score (nSPS) is 15.6. The molecule has 1 aliphatic carbocycles. The van der Waals surface area contributed by atoms with Crippen molar-refractivity contribution in [2.24, 2.45) is 0 Å². The fourth-order valence-corrected chi connectivity index (χ4v) is 4.10. The highest BCUT2D eigenvalue weighted by molar-refractivity contribution is 6.32. The number of hydrogen-bond donors (Lipinski definition) is 3. The van der Waals surface area contributed by atoms with E-state index >= 15 is 0 Å². The fourth-order valence-electron chi connectivity index (χ4n) is 3.96. The lowest BCUT2D eigenvalue weighted by atomic mass is 10.0. The molecular weight excluding hydrogens is 448 g/mol. The van der Waals surface area contributed by atoms with Gasteiger partial charge < -0.3 is 20.7 Å². The number of halogens is 3. The molecule has 174 valence electrons. The van der Waals surface area contributed by atoms with Crippen LogP contribution in [0.3, 0.4) is 0 Å². The SMILES string of the molecule is COc1ccccc1Nc1nc(Nc2ccc3c(c2)CCC(NCC(F)F)CC3)ncc1Cl. The van der Waals surface area contributed by atoms with Crippen LogP contribution in [0.4, 0.5) is 31.9 Å². The Kier molecular flexibility index (Phi) is 7.57. The first-order valence-electron chi connectivity index (χ1n) is 10.8. The number of aryl methyl sites for hydroxylation is 2. The molecule has 0 radical (unpaired) electrons. The van der Waals surface area contributed by atoms with Gasteiger partial charge in [-0.05, 0) is 61.1 Å². The van der Waals surface area contributed by atoms with E-state index < -0.39 is 6.43 Å². The Morgan fingerprint density at radius 3 is 2.67 bits per heavy atom. The number of ether oxygens (including phenoxy) is 1. The molecule has 1 aromatic heterocycles. The number of fused-ring (bicyclic) bond motifs is 1. The highest BCUT2D eigenvalue weighted by Gasteiger charge is 2.18. The summed E-state index contributed by atoms with van der Waals surface area (Å²) in [6, 6.07) is 13.7. The minimum absolute atomic E-state index is 0.103. The van der Waals surface area contributed by atoms with Gasteiger partial charge in [0.05, 0.1) is 25.5 Å². The molecule has 0 amide bonds. The van der Waals surface area contributed by atoms with E-state index in [-0.39, 0.29) is 12.6 Å². The average molecular weight is 474 g/mol. The topological polar surface area (TPSA) is 71.1 Å². The molecule has 0 saturated heterocycles. The summed E-state index contributed by atoms with van der Waals surface area (Å²) in [4.78, 5) is 8.82. The Bertz CT molecular complexity index is 1100. The van der Waals surface area contributed by atoms with Crippen LogP contribution in [0, 0.1) is 0 Å². The zero-order valence-corrected chi connectivity index (χ0v) is 19.0. The highest BCUT2D eigenvalue weighted by atomic mass is 35.5. The molecule has 1 atom stereocenters. The second-order valence-electron chi connectivity index (χ2n) is 7.90. The maximum atomic E-state index is 12.5. The Morgan fingerprint density at radius 1 is 1.09 bits per heavy atom. The minimum atomic E-state index is -2.33. The lowest BCUT2D eigenvalue weighted by molar-refractivity contribution is 0.140. The van der Waals surface area contributed by atoms with E-state index in [9.17, 15) is 8.78 Å². The van der Waals surface area contributed by atoms with Crippen molar-refractivity contribution in [2.45, 2.75) is 38.2 Å². The van der Waals surface area contributed by atoms with Crippen LogP contribution < -0.4 is 20.7 Å². The van der Waals surface area contributed by atoms with Crippen LogP contribution in [0.15, 0.2) is 48.7 Å². The molecule has 0 bridgehead atoms. The second kappa shape index (κ2) is 10.8. The highest BCUT2D eigenvalue weighted by Crippen LogP contribution is 2.31. The number of nitrogens with one attached hydrogen (secondary N) is 3. The van der Waals surface area contributed by atoms with Gasteiger partial charge >= 0.3 is 0 Å². The maximum Gasteiger partial charge on any atom is 0.250 e. The van der Waals surface area contributed by atoms with Gasteiger partial charge in [0.25, 0.3) is 6.43 Å². The Balaban J connectivity index is 1.46. The van der Waals surface area contributed by atoms with Gasteiger partial charge in [0, 0.05) is 11.7 Å². The molecule has 0 spiro atoms. The molecule has 6 nitrogen and oxygen atoms in total. The van der Waals surface area contributed by atoms with E-state index in [0.29, 0.717) is 22.5 Å². The van der Waals surface area contributed by atoms with Gasteiger partial charge in [-0.1, -0.05) is 29.8 Å². The van der Waals surface area contributed by atoms with Crippen molar-refractivity contribution in [3.05, 3.63) is 64.8 Å². The van der Waals surface area contributed by atoms with Crippen molar-refractivity contribution in [2.75, 3.05) is 24.3 Å². The van der Waals surface area contributed by atoms with Crippen molar-refractivity contribution in [3.8, 4) is 5.75 Å². The van der Waals surface area contributed by atoms with Crippen LogP contribution in [0.25, 0.3) is 0 Å². The molecule has 1 unspecified atom stereocenters. The zero-order chi connectivity index (χ0) is 23.2. The third-order valence-electron chi connectivity index (χ3n) is 5.65. The summed E-state index contributed by atoms with van der Waals surface area (Å²) >= 11 is 6.31. The van der Waals surface area contributed by atoms with Gasteiger partial charge in [-0.25, -0.2) is 13.8 Å². The molecule has 1 heterocycles. The van der Waals surface area contributed by atoms with Crippen molar-refractivity contribution >= 4 is 34.7 Å². The zero-order valence-electron chi connectivity index (χ0n) is 18.2. The smallest absolute Gasteiger partial charge is 0.250 e. The standard InChI is InChI=1S/C24H26ClF2N5O/c1-33-21-5-3-2-4-20(21)31-23-19(25)13-29-24(32-23)30-18-11-7-15-6-9-17(28-14-22(26)27)10-8-16(15)12-18/h2-5,7,11-13,17,22,28H,6,8-10,14H2,1H3,(H2,29,30,31,32). The summed E-state index contributed by atoms with van der Waals surface area (Å²) in [5, 5.41) is 9.79. The van der Waals surface area contributed by atoms with E-state index in [1.165, 1.54) is 17.3 Å². The molecule has 2 aromatic carbocycles. The third kappa shape index (κ3) is 6.09. The monoisotopic (exact) mass is 473 g/mol. The Hall–Kier alpha value is -2.97. The summed E-state index contributed by atoms with van der Waals surface area (Å²) in [5.74, 6) is 1.54. The van der Waals surface area contributed by atoms with Gasteiger partial charge in [-0.15, -0.1) is 0 Å². The predicted octanol–water partition coefficient (Wildman–Crippen LogP) is 5.73. The number of aromatic nitrogens is 2. The van der Waals surface area contributed by atoms with Crippen LogP contribution in [0.2, 0.25) is 5.02 Å².